The highest BCUT2D eigenvalue weighted by atomic mass is 16.5. The van der Waals surface area contributed by atoms with Gasteiger partial charge >= 0.3 is 0 Å². The van der Waals surface area contributed by atoms with E-state index in [4.69, 9.17) is 9.47 Å². The summed E-state index contributed by atoms with van der Waals surface area (Å²) in [4.78, 5) is 2.33. The van der Waals surface area contributed by atoms with Crippen LogP contribution in [0.3, 0.4) is 0 Å². The smallest absolute Gasteiger partial charge is 0.119 e. The van der Waals surface area contributed by atoms with Crippen LogP contribution in [0.15, 0.2) is 72.8 Å². The van der Waals surface area contributed by atoms with Crippen molar-refractivity contribution in [1.82, 2.24) is 0 Å². The lowest BCUT2D eigenvalue weighted by atomic mass is 10.0. The van der Waals surface area contributed by atoms with E-state index in [1.807, 2.05) is 18.2 Å². The van der Waals surface area contributed by atoms with Crippen LogP contribution in [0, 0.1) is 0 Å². The van der Waals surface area contributed by atoms with Crippen molar-refractivity contribution in [2.24, 2.45) is 0 Å². The Hall–Kier alpha value is -2.78. The summed E-state index contributed by atoms with van der Waals surface area (Å²) in [5.74, 6) is 0.866. The van der Waals surface area contributed by atoms with Gasteiger partial charge in [-0.25, -0.2) is 0 Å². The second-order valence-electron chi connectivity index (χ2n) is 6.17. The molecule has 0 spiro atoms. The third kappa shape index (κ3) is 3.24. The Balaban J connectivity index is 1.72. The fraction of sp³-hybridized carbons (Fsp3) is 0.182. The standard InChI is InChI=1S/C22H21NO2/c1-24-21-12-10-20(11-13-21)23(19-8-3-2-4-9-19)14-17-6-5-7-18-15-25-16-22(17)18/h2-13H,14-16H2,1H3. The molecule has 3 aromatic rings. The molecule has 1 heterocycles. The van der Waals surface area contributed by atoms with Gasteiger partial charge in [-0.3, -0.25) is 0 Å². The highest BCUT2D eigenvalue weighted by molar-refractivity contribution is 5.64. The van der Waals surface area contributed by atoms with Crippen LogP contribution >= 0.6 is 0 Å². The van der Waals surface area contributed by atoms with Crippen molar-refractivity contribution >= 4 is 11.4 Å². The van der Waals surface area contributed by atoms with Crippen LogP contribution in [0.1, 0.15) is 16.7 Å². The van der Waals surface area contributed by atoms with E-state index in [9.17, 15) is 0 Å². The zero-order valence-corrected chi connectivity index (χ0v) is 14.3. The van der Waals surface area contributed by atoms with E-state index in [0.29, 0.717) is 6.61 Å². The number of para-hydroxylation sites is 1. The molecule has 1 aliphatic heterocycles. The summed E-state index contributed by atoms with van der Waals surface area (Å²) < 4.78 is 10.9. The Bertz CT molecular complexity index is 844. The molecule has 0 bridgehead atoms. The molecule has 0 fully saturated rings. The minimum atomic E-state index is 0.705. The van der Waals surface area contributed by atoms with Crippen molar-refractivity contribution in [1.29, 1.82) is 0 Å². The van der Waals surface area contributed by atoms with Crippen LogP contribution in [0.4, 0.5) is 11.4 Å². The normalized spacial score (nSPS) is 12.7. The van der Waals surface area contributed by atoms with E-state index in [1.54, 1.807) is 7.11 Å². The Labute approximate surface area is 148 Å². The van der Waals surface area contributed by atoms with Crippen molar-refractivity contribution in [3.8, 4) is 5.75 Å². The zero-order chi connectivity index (χ0) is 17.1. The van der Waals surface area contributed by atoms with E-state index in [2.05, 4.69) is 59.5 Å². The molecule has 3 heteroatoms. The van der Waals surface area contributed by atoms with E-state index in [-0.39, 0.29) is 0 Å². The van der Waals surface area contributed by atoms with Gasteiger partial charge < -0.3 is 14.4 Å². The van der Waals surface area contributed by atoms with Crippen LogP contribution < -0.4 is 9.64 Å². The number of anilines is 2. The average Bonchev–Trinajstić information content (AvgIpc) is 3.16. The minimum Gasteiger partial charge on any atom is -0.497 e. The number of methoxy groups -OCH3 is 1. The van der Waals surface area contributed by atoms with Gasteiger partial charge in [-0.15, -0.1) is 0 Å². The Morgan fingerprint density at radius 3 is 2.36 bits per heavy atom. The lowest BCUT2D eigenvalue weighted by molar-refractivity contribution is 0.134. The summed E-state index contributed by atoms with van der Waals surface area (Å²) in [7, 11) is 1.69. The molecule has 0 saturated carbocycles. The van der Waals surface area contributed by atoms with Crippen LogP contribution in [0.2, 0.25) is 0 Å². The second-order valence-corrected chi connectivity index (χ2v) is 6.17. The number of rotatable bonds is 5. The largest absolute Gasteiger partial charge is 0.497 e. The first-order chi connectivity index (χ1) is 12.3. The highest BCUT2D eigenvalue weighted by Crippen LogP contribution is 2.31. The van der Waals surface area contributed by atoms with Crippen molar-refractivity contribution in [3.63, 3.8) is 0 Å². The van der Waals surface area contributed by atoms with Gasteiger partial charge in [0, 0.05) is 17.9 Å². The molecule has 3 aromatic carbocycles. The predicted octanol–water partition coefficient (Wildman–Crippen LogP) is 5.06. The fourth-order valence-electron chi connectivity index (χ4n) is 3.29. The molecule has 0 aliphatic carbocycles. The molecular formula is C22H21NO2. The van der Waals surface area contributed by atoms with Gasteiger partial charge in [0.2, 0.25) is 0 Å². The Morgan fingerprint density at radius 2 is 1.60 bits per heavy atom. The molecule has 0 atom stereocenters. The number of nitrogens with zero attached hydrogens (tertiary/aromatic N) is 1. The summed E-state index contributed by atoms with van der Waals surface area (Å²) in [6, 6.07) is 25.2. The third-order valence-electron chi connectivity index (χ3n) is 4.65. The maximum absolute atomic E-state index is 5.64. The van der Waals surface area contributed by atoms with Gasteiger partial charge in [-0.2, -0.15) is 0 Å². The molecule has 0 amide bonds. The van der Waals surface area contributed by atoms with E-state index in [0.717, 1.165) is 24.6 Å². The lowest BCUT2D eigenvalue weighted by Gasteiger charge is -2.26. The number of benzene rings is 3. The second kappa shape index (κ2) is 6.99. The minimum absolute atomic E-state index is 0.705. The maximum Gasteiger partial charge on any atom is 0.119 e. The first-order valence-corrected chi connectivity index (χ1v) is 8.49. The Morgan fingerprint density at radius 1 is 0.840 bits per heavy atom. The molecule has 126 valence electrons. The molecule has 3 nitrogen and oxygen atoms in total. The number of fused-ring (bicyclic) bond motifs is 1. The van der Waals surface area contributed by atoms with Crippen molar-refractivity contribution in [2.45, 2.75) is 19.8 Å². The van der Waals surface area contributed by atoms with Crippen molar-refractivity contribution < 1.29 is 9.47 Å². The van der Waals surface area contributed by atoms with E-state index in [1.165, 1.54) is 22.4 Å². The predicted molar refractivity (Wildman–Crippen MR) is 100 cm³/mol. The van der Waals surface area contributed by atoms with Crippen LogP contribution in [0.5, 0.6) is 5.75 Å². The number of ether oxygens (including phenoxy) is 2. The summed E-state index contributed by atoms with van der Waals surface area (Å²) in [5.41, 5.74) is 6.26. The zero-order valence-electron chi connectivity index (χ0n) is 14.3. The fourth-order valence-corrected chi connectivity index (χ4v) is 3.29. The topological polar surface area (TPSA) is 21.7 Å². The van der Waals surface area contributed by atoms with Crippen LogP contribution in [0.25, 0.3) is 0 Å². The summed E-state index contributed by atoms with van der Waals surface area (Å²) >= 11 is 0. The van der Waals surface area contributed by atoms with Crippen molar-refractivity contribution in [3.05, 3.63) is 89.5 Å². The molecule has 0 radical (unpaired) electrons. The van der Waals surface area contributed by atoms with Crippen molar-refractivity contribution in [2.75, 3.05) is 12.0 Å². The molecule has 0 unspecified atom stereocenters. The molecule has 0 N–H and O–H groups in total. The molecule has 1 aliphatic rings. The van der Waals surface area contributed by atoms with E-state index >= 15 is 0 Å². The number of hydrogen-bond donors (Lipinski definition) is 0. The summed E-state index contributed by atoms with van der Waals surface area (Å²) in [6.07, 6.45) is 0. The summed E-state index contributed by atoms with van der Waals surface area (Å²) in [5, 5.41) is 0. The summed E-state index contributed by atoms with van der Waals surface area (Å²) in [6.45, 7) is 2.23. The van der Waals surface area contributed by atoms with Gasteiger partial charge in [-0.05, 0) is 53.1 Å². The molecular weight excluding hydrogens is 310 g/mol. The Kier molecular flexibility index (Phi) is 4.40. The van der Waals surface area contributed by atoms with Gasteiger partial charge in [0.05, 0.1) is 20.3 Å². The first-order valence-electron chi connectivity index (χ1n) is 8.49. The monoisotopic (exact) mass is 331 g/mol. The van der Waals surface area contributed by atoms with Gasteiger partial charge in [0.25, 0.3) is 0 Å². The maximum atomic E-state index is 5.64. The first kappa shape index (κ1) is 15.7. The lowest BCUT2D eigenvalue weighted by Crippen LogP contribution is -2.17. The highest BCUT2D eigenvalue weighted by Gasteiger charge is 2.18. The molecule has 0 saturated heterocycles. The SMILES string of the molecule is COc1ccc(N(Cc2cccc3c2COC3)c2ccccc2)cc1. The van der Waals surface area contributed by atoms with Gasteiger partial charge in [-0.1, -0.05) is 36.4 Å². The van der Waals surface area contributed by atoms with Crippen LogP contribution in [-0.2, 0) is 24.5 Å². The van der Waals surface area contributed by atoms with Crippen LogP contribution in [-0.4, -0.2) is 7.11 Å². The third-order valence-corrected chi connectivity index (χ3v) is 4.65. The quantitative estimate of drug-likeness (QED) is 0.652. The molecule has 25 heavy (non-hydrogen) atoms. The molecule has 0 aromatic heterocycles. The number of hydrogen-bond acceptors (Lipinski definition) is 3. The van der Waals surface area contributed by atoms with E-state index < -0.39 is 0 Å². The van der Waals surface area contributed by atoms with Gasteiger partial charge in [0.15, 0.2) is 0 Å². The molecule has 4 rings (SSSR count). The average molecular weight is 331 g/mol. The van der Waals surface area contributed by atoms with Gasteiger partial charge in [0.1, 0.15) is 5.75 Å².